The summed E-state index contributed by atoms with van der Waals surface area (Å²) in [5, 5.41) is 15.2. The monoisotopic (exact) mass is 270 g/mol. The first-order valence-corrected chi connectivity index (χ1v) is 7.56. The Labute approximate surface area is 115 Å². The molecular formula is C14H26N2O3. The fourth-order valence-corrected chi connectivity index (χ4v) is 2.85. The molecule has 5 heteroatoms. The van der Waals surface area contributed by atoms with Crippen LogP contribution >= 0.6 is 0 Å². The largest absolute Gasteiger partial charge is 0.392 e. The number of hydrogen-bond donors (Lipinski definition) is 3. The van der Waals surface area contributed by atoms with Crippen molar-refractivity contribution in [2.45, 2.75) is 63.2 Å². The molecule has 1 saturated carbocycles. The molecule has 3 N–H and O–H groups in total. The van der Waals surface area contributed by atoms with Gasteiger partial charge in [-0.05, 0) is 19.3 Å². The van der Waals surface area contributed by atoms with E-state index < -0.39 is 6.10 Å². The van der Waals surface area contributed by atoms with Crippen molar-refractivity contribution < 1.29 is 14.6 Å². The molecule has 110 valence electrons. The van der Waals surface area contributed by atoms with Crippen LogP contribution in [-0.4, -0.2) is 49.0 Å². The number of aliphatic hydroxyl groups excluding tert-OH is 1. The van der Waals surface area contributed by atoms with Crippen LogP contribution in [-0.2, 0) is 9.53 Å². The van der Waals surface area contributed by atoms with Crippen LogP contribution in [0.15, 0.2) is 0 Å². The van der Waals surface area contributed by atoms with Gasteiger partial charge in [0.1, 0.15) is 0 Å². The van der Waals surface area contributed by atoms with E-state index in [9.17, 15) is 9.90 Å². The van der Waals surface area contributed by atoms with Crippen molar-refractivity contribution in [3.05, 3.63) is 0 Å². The minimum absolute atomic E-state index is 0.0268. The van der Waals surface area contributed by atoms with Crippen LogP contribution in [0.5, 0.6) is 0 Å². The van der Waals surface area contributed by atoms with Crippen molar-refractivity contribution in [1.82, 2.24) is 10.6 Å². The summed E-state index contributed by atoms with van der Waals surface area (Å²) in [4.78, 5) is 11.8. The predicted octanol–water partition coefficient (Wildman–Crippen LogP) is 0.565. The molecule has 1 amide bonds. The van der Waals surface area contributed by atoms with Crippen molar-refractivity contribution in [2.24, 2.45) is 0 Å². The number of nitrogens with one attached hydrogen (secondary N) is 2. The van der Waals surface area contributed by atoms with E-state index in [1.807, 2.05) is 0 Å². The maximum Gasteiger partial charge on any atom is 0.237 e. The van der Waals surface area contributed by atoms with E-state index in [-0.39, 0.29) is 11.9 Å². The molecule has 19 heavy (non-hydrogen) atoms. The topological polar surface area (TPSA) is 70.6 Å². The van der Waals surface area contributed by atoms with Crippen LogP contribution < -0.4 is 10.6 Å². The average molecular weight is 270 g/mol. The highest BCUT2D eigenvalue weighted by Gasteiger charge is 2.27. The number of ether oxygens (including phenoxy) is 1. The lowest BCUT2D eigenvalue weighted by Gasteiger charge is -2.16. The van der Waals surface area contributed by atoms with Crippen molar-refractivity contribution in [1.29, 1.82) is 0 Å². The van der Waals surface area contributed by atoms with Gasteiger partial charge in [-0.2, -0.15) is 0 Å². The third-order valence-corrected chi connectivity index (χ3v) is 3.98. The van der Waals surface area contributed by atoms with Gasteiger partial charge in [0.25, 0.3) is 0 Å². The Hall–Kier alpha value is -0.650. The van der Waals surface area contributed by atoms with Crippen molar-refractivity contribution in [3.8, 4) is 0 Å². The zero-order chi connectivity index (χ0) is 13.5. The normalized spacial score (nSPS) is 29.1. The molecule has 0 spiro atoms. The summed E-state index contributed by atoms with van der Waals surface area (Å²) in [6, 6.07) is -0.243. The number of β-amino-alcohol motifs (C(OH)–C–C–N with tert-alkyl or cyclic N) is 1. The van der Waals surface area contributed by atoms with Crippen molar-refractivity contribution in [2.75, 3.05) is 19.7 Å². The van der Waals surface area contributed by atoms with Gasteiger partial charge in [-0.1, -0.05) is 25.7 Å². The summed E-state index contributed by atoms with van der Waals surface area (Å²) in [5.74, 6) is -0.0268. The van der Waals surface area contributed by atoms with Crippen LogP contribution in [0.25, 0.3) is 0 Å². The quantitative estimate of drug-likeness (QED) is 0.504. The summed E-state index contributed by atoms with van der Waals surface area (Å²) in [6.45, 7) is 1.66. The highest BCUT2D eigenvalue weighted by molar-refractivity contribution is 5.82. The van der Waals surface area contributed by atoms with Crippen LogP contribution in [0.4, 0.5) is 0 Å². The van der Waals surface area contributed by atoms with Gasteiger partial charge < -0.3 is 20.5 Å². The van der Waals surface area contributed by atoms with E-state index in [0.29, 0.717) is 32.2 Å². The molecule has 2 aliphatic rings. The third kappa shape index (κ3) is 5.09. The maximum atomic E-state index is 11.8. The van der Waals surface area contributed by atoms with Gasteiger partial charge in [0.2, 0.25) is 5.91 Å². The molecule has 0 radical (unpaired) electrons. The second kappa shape index (κ2) is 7.82. The summed E-state index contributed by atoms with van der Waals surface area (Å²) >= 11 is 0. The summed E-state index contributed by atoms with van der Waals surface area (Å²) in [7, 11) is 0. The molecule has 0 aromatic heterocycles. The first kappa shape index (κ1) is 14.8. The minimum Gasteiger partial charge on any atom is -0.392 e. The fourth-order valence-electron chi connectivity index (χ4n) is 2.85. The molecule has 2 atom stereocenters. The highest BCUT2D eigenvalue weighted by Crippen LogP contribution is 2.19. The van der Waals surface area contributed by atoms with Crippen molar-refractivity contribution in [3.63, 3.8) is 0 Å². The van der Waals surface area contributed by atoms with Crippen LogP contribution in [0.2, 0.25) is 0 Å². The maximum absolute atomic E-state index is 11.8. The average Bonchev–Trinajstić information content (AvgIpc) is 2.68. The van der Waals surface area contributed by atoms with E-state index >= 15 is 0 Å². The molecule has 0 bridgehead atoms. The van der Waals surface area contributed by atoms with Gasteiger partial charge in [-0.15, -0.1) is 0 Å². The standard InChI is InChI=1S/C14H26N2O3/c17-11-9-13(16-10-11)14(18)15-7-8-19-12-5-3-1-2-4-6-12/h11-13,16-17H,1-10H2,(H,15,18). The Balaban J connectivity index is 1.54. The van der Waals surface area contributed by atoms with E-state index in [1.54, 1.807) is 0 Å². The van der Waals surface area contributed by atoms with Gasteiger partial charge >= 0.3 is 0 Å². The van der Waals surface area contributed by atoms with E-state index in [0.717, 1.165) is 12.8 Å². The zero-order valence-corrected chi connectivity index (χ0v) is 11.6. The molecule has 2 rings (SSSR count). The third-order valence-electron chi connectivity index (χ3n) is 3.98. The van der Waals surface area contributed by atoms with Gasteiger partial charge in [0, 0.05) is 13.1 Å². The number of aliphatic hydroxyl groups is 1. The Bertz CT molecular complexity index is 278. The zero-order valence-electron chi connectivity index (χ0n) is 11.6. The lowest BCUT2D eigenvalue weighted by Crippen LogP contribution is -2.41. The number of hydrogen-bond acceptors (Lipinski definition) is 4. The second-order valence-electron chi connectivity index (χ2n) is 5.63. The van der Waals surface area contributed by atoms with E-state index in [1.165, 1.54) is 25.7 Å². The predicted molar refractivity (Wildman–Crippen MR) is 72.9 cm³/mol. The van der Waals surface area contributed by atoms with Crippen LogP contribution in [0.1, 0.15) is 44.9 Å². The van der Waals surface area contributed by atoms with Gasteiger partial charge in [-0.25, -0.2) is 0 Å². The molecule has 1 aliphatic carbocycles. The summed E-state index contributed by atoms with van der Waals surface area (Å²) in [6.07, 6.45) is 7.99. The number of carbonyl (C=O) groups is 1. The minimum atomic E-state index is -0.391. The molecule has 1 aliphatic heterocycles. The van der Waals surface area contributed by atoms with Gasteiger partial charge in [-0.3, -0.25) is 4.79 Å². The Morgan fingerprint density at radius 1 is 1.26 bits per heavy atom. The Morgan fingerprint density at radius 2 is 2.00 bits per heavy atom. The van der Waals surface area contributed by atoms with Gasteiger partial charge in [0.15, 0.2) is 0 Å². The second-order valence-corrected chi connectivity index (χ2v) is 5.63. The molecule has 0 aromatic carbocycles. The Kier molecular flexibility index (Phi) is 6.07. The summed E-state index contributed by atoms with van der Waals surface area (Å²) in [5.41, 5.74) is 0. The van der Waals surface area contributed by atoms with Crippen molar-refractivity contribution >= 4 is 5.91 Å². The lowest BCUT2D eigenvalue weighted by atomic mass is 10.1. The summed E-state index contributed by atoms with van der Waals surface area (Å²) < 4.78 is 5.81. The molecule has 5 nitrogen and oxygen atoms in total. The smallest absolute Gasteiger partial charge is 0.237 e. The van der Waals surface area contributed by atoms with E-state index in [4.69, 9.17) is 4.74 Å². The van der Waals surface area contributed by atoms with E-state index in [2.05, 4.69) is 10.6 Å². The number of amides is 1. The molecule has 0 aromatic rings. The molecule has 2 fully saturated rings. The lowest BCUT2D eigenvalue weighted by molar-refractivity contribution is -0.123. The molecule has 1 heterocycles. The first-order chi connectivity index (χ1) is 9.25. The molecule has 1 saturated heterocycles. The SMILES string of the molecule is O=C(NCCOC1CCCCCC1)C1CC(O)CN1. The molecular weight excluding hydrogens is 244 g/mol. The first-order valence-electron chi connectivity index (χ1n) is 7.56. The van der Waals surface area contributed by atoms with Gasteiger partial charge in [0.05, 0.1) is 24.9 Å². The highest BCUT2D eigenvalue weighted by atomic mass is 16.5. The van der Waals surface area contributed by atoms with Crippen LogP contribution in [0.3, 0.4) is 0 Å². The number of rotatable bonds is 5. The fraction of sp³-hybridized carbons (Fsp3) is 0.929. The number of carbonyl (C=O) groups excluding carboxylic acids is 1. The van der Waals surface area contributed by atoms with Crippen LogP contribution in [0, 0.1) is 0 Å². The molecule has 2 unspecified atom stereocenters. The Morgan fingerprint density at radius 3 is 2.63 bits per heavy atom.